The van der Waals surface area contributed by atoms with E-state index in [9.17, 15) is 0 Å². The topological polar surface area (TPSA) is 32.5 Å². The summed E-state index contributed by atoms with van der Waals surface area (Å²) in [4.78, 5) is 4.35. The molecule has 0 aromatic heterocycles. The van der Waals surface area contributed by atoms with E-state index in [0.717, 1.165) is 6.54 Å². The number of hydrogen-bond donors (Lipinski definition) is 1. The molecule has 0 aromatic rings. The van der Waals surface area contributed by atoms with Crippen LogP contribution in [0.15, 0.2) is 0 Å². The van der Waals surface area contributed by atoms with Gasteiger partial charge in [-0.3, -0.25) is 9.80 Å². The summed E-state index contributed by atoms with van der Waals surface area (Å²) in [5.41, 5.74) is 5.57. The molecule has 0 bridgehead atoms. The van der Waals surface area contributed by atoms with Crippen LogP contribution in [0, 0.1) is 0 Å². The molecule has 0 aromatic carbocycles. The Kier molecular flexibility index (Phi) is 4.60. The fourth-order valence-electron chi connectivity index (χ4n) is 0.996. The van der Waals surface area contributed by atoms with E-state index in [1.807, 2.05) is 14.1 Å². The van der Waals surface area contributed by atoms with Crippen LogP contribution in [0.1, 0.15) is 6.92 Å². The molecule has 3 nitrogen and oxygen atoms in total. The van der Waals surface area contributed by atoms with E-state index < -0.39 is 0 Å². The van der Waals surface area contributed by atoms with E-state index in [4.69, 9.17) is 5.73 Å². The zero-order valence-corrected chi connectivity index (χ0v) is 7.46. The zero-order chi connectivity index (χ0) is 8.15. The fourth-order valence-corrected chi connectivity index (χ4v) is 0.996. The number of nitrogens with two attached hydrogens (primary N) is 1. The Labute approximate surface area is 63.8 Å². The van der Waals surface area contributed by atoms with Crippen molar-refractivity contribution in [3.05, 3.63) is 0 Å². The van der Waals surface area contributed by atoms with Crippen LogP contribution in [0.25, 0.3) is 0 Å². The first-order valence-electron chi connectivity index (χ1n) is 3.70. The first-order chi connectivity index (χ1) is 4.63. The Hall–Kier alpha value is -0.120. The molecule has 0 saturated heterocycles. The van der Waals surface area contributed by atoms with Gasteiger partial charge in [0.25, 0.3) is 0 Å². The molecule has 0 fully saturated rings. The highest BCUT2D eigenvalue weighted by Gasteiger charge is 2.11. The fraction of sp³-hybridized carbons (Fsp3) is 1.00. The van der Waals surface area contributed by atoms with Crippen molar-refractivity contribution in [3.8, 4) is 0 Å². The maximum Gasteiger partial charge on any atom is 0.0741 e. The average molecular weight is 145 g/mol. The van der Waals surface area contributed by atoms with Crippen LogP contribution >= 0.6 is 0 Å². The van der Waals surface area contributed by atoms with Crippen LogP contribution in [0.2, 0.25) is 0 Å². The Morgan fingerprint density at radius 2 is 1.80 bits per heavy atom. The molecule has 2 N–H and O–H groups in total. The van der Waals surface area contributed by atoms with Gasteiger partial charge in [-0.2, -0.15) is 0 Å². The van der Waals surface area contributed by atoms with Crippen molar-refractivity contribution in [1.82, 2.24) is 9.80 Å². The molecule has 0 rings (SSSR count). The Balaban J connectivity index is 3.80. The monoisotopic (exact) mass is 145 g/mol. The van der Waals surface area contributed by atoms with Crippen LogP contribution < -0.4 is 5.73 Å². The lowest BCUT2D eigenvalue weighted by Crippen LogP contribution is -2.47. The van der Waals surface area contributed by atoms with Gasteiger partial charge in [-0.05, 0) is 27.7 Å². The van der Waals surface area contributed by atoms with E-state index in [0.29, 0.717) is 12.7 Å². The highest BCUT2D eigenvalue weighted by molar-refractivity contribution is 4.64. The molecule has 0 aliphatic rings. The van der Waals surface area contributed by atoms with Gasteiger partial charge in [0.15, 0.2) is 0 Å². The molecule has 0 amide bonds. The lowest BCUT2D eigenvalue weighted by molar-refractivity contribution is 0.117. The van der Waals surface area contributed by atoms with Crippen molar-refractivity contribution in [3.63, 3.8) is 0 Å². The standard InChI is InChI=1S/C7H19N3/c1-5-10(4)7(6-8)9(2)3/h7H,5-6,8H2,1-4H3. The van der Waals surface area contributed by atoms with Crippen molar-refractivity contribution < 1.29 is 0 Å². The number of rotatable bonds is 4. The van der Waals surface area contributed by atoms with Gasteiger partial charge in [0.1, 0.15) is 0 Å². The largest absolute Gasteiger partial charge is 0.328 e. The molecule has 62 valence electrons. The van der Waals surface area contributed by atoms with E-state index >= 15 is 0 Å². The normalized spacial score (nSPS) is 14.7. The third-order valence-corrected chi connectivity index (χ3v) is 1.81. The average Bonchev–Trinajstić information content (AvgIpc) is 1.88. The van der Waals surface area contributed by atoms with Gasteiger partial charge in [-0.25, -0.2) is 0 Å². The highest BCUT2D eigenvalue weighted by Crippen LogP contribution is 1.95. The predicted molar refractivity (Wildman–Crippen MR) is 44.8 cm³/mol. The molecule has 0 spiro atoms. The van der Waals surface area contributed by atoms with Crippen LogP contribution in [0.3, 0.4) is 0 Å². The molecule has 10 heavy (non-hydrogen) atoms. The molecule has 0 aliphatic heterocycles. The first kappa shape index (κ1) is 9.88. The van der Waals surface area contributed by atoms with Crippen molar-refractivity contribution in [2.75, 3.05) is 34.2 Å². The van der Waals surface area contributed by atoms with Crippen LogP contribution in [-0.4, -0.2) is 50.2 Å². The molecule has 1 unspecified atom stereocenters. The van der Waals surface area contributed by atoms with Gasteiger partial charge < -0.3 is 5.73 Å². The van der Waals surface area contributed by atoms with Crippen molar-refractivity contribution >= 4 is 0 Å². The van der Waals surface area contributed by atoms with E-state index in [-0.39, 0.29) is 0 Å². The summed E-state index contributed by atoms with van der Waals surface area (Å²) in [5.74, 6) is 0. The molecule has 0 radical (unpaired) electrons. The maximum atomic E-state index is 5.57. The summed E-state index contributed by atoms with van der Waals surface area (Å²) in [6.45, 7) is 3.86. The van der Waals surface area contributed by atoms with Crippen LogP contribution in [-0.2, 0) is 0 Å². The van der Waals surface area contributed by atoms with Crippen molar-refractivity contribution in [2.45, 2.75) is 13.1 Å². The Bertz CT molecular complexity index is 82.9. The number of likely N-dealkylation sites (N-methyl/N-ethyl adjacent to an activating group) is 2. The van der Waals surface area contributed by atoms with Gasteiger partial charge in [-0.15, -0.1) is 0 Å². The highest BCUT2D eigenvalue weighted by atomic mass is 15.3. The summed E-state index contributed by atoms with van der Waals surface area (Å²) < 4.78 is 0. The summed E-state index contributed by atoms with van der Waals surface area (Å²) in [5, 5.41) is 0. The summed E-state index contributed by atoms with van der Waals surface area (Å²) in [6.07, 6.45) is 0.380. The SMILES string of the molecule is CCN(C)C(CN)N(C)C. The van der Waals surface area contributed by atoms with Gasteiger partial charge in [0.05, 0.1) is 6.17 Å². The summed E-state index contributed by atoms with van der Waals surface area (Å²) in [7, 11) is 6.17. The van der Waals surface area contributed by atoms with Gasteiger partial charge >= 0.3 is 0 Å². The Morgan fingerprint density at radius 1 is 1.30 bits per heavy atom. The molecule has 3 heteroatoms. The second-order valence-electron chi connectivity index (χ2n) is 2.75. The predicted octanol–water partition coefficient (Wildman–Crippen LogP) is -0.215. The van der Waals surface area contributed by atoms with E-state index in [1.165, 1.54) is 0 Å². The van der Waals surface area contributed by atoms with Crippen molar-refractivity contribution in [2.24, 2.45) is 5.73 Å². The van der Waals surface area contributed by atoms with E-state index in [2.05, 4.69) is 23.8 Å². The lowest BCUT2D eigenvalue weighted by Gasteiger charge is -2.31. The minimum atomic E-state index is 0.380. The number of hydrogen-bond acceptors (Lipinski definition) is 3. The second kappa shape index (κ2) is 4.66. The summed E-state index contributed by atoms with van der Waals surface area (Å²) in [6, 6.07) is 0. The maximum absolute atomic E-state index is 5.57. The molecular formula is C7H19N3. The van der Waals surface area contributed by atoms with Crippen LogP contribution in [0.5, 0.6) is 0 Å². The lowest BCUT2D eigenvalue weighted by atomic mass is 10.4. The first-order valence-corrected chi connectivity index (χ1v) is 3.70. The smallest absolute Gasteiger partial charge is 0.0741 e. The summed E-state index contributed by atoms with van der Waals surface area (Å²) >= 11 is 0. The van der Waals surface area contributed by atoms with Crippen LogP contribution in [0.4, 0.5) is 0 Å². The third-order valence-electron chi connectivity index (χ3n) is 1.81. The second-order valence-corrected chi connectivity index (χ2v) is 2.75. The minimum Gasteiger partial charge on any atom is -0.328 e. The van der Waals surface area contributed by atoms with Gasteiger partial charge in [0, 0.05) is 6.54 Å². The van der Waals surface area contributed by atoms with E-state index in [1.54, 1.807) is 0 Å². The Morgan fingerprint density at radius 3 is 1.90 bits per heavy atom. The quantitative estimate of drug-likeness (QED) is 0.555. The number of nitrogens with zero attached hydrogens (tertiary/aromatic N) is 2. The minimum absolute atomic E-state index is 0.380. The molecule has 0 saturated carbocycles. The molecular weight excluding hydrogens is 126 g/mol. The molecule has 0 heterocycles. The molecule has 0 aliphatic carbocycles. The molecule has 1 atom stereocenters. The van der Waals surface area contributed by atoms with Gasteiger partial charge in [0.2, 0.25) is 0 Å². The van der Waals surface area contributed by atoms with Gasteiger partial charge in [-0.1, -0.05) is 6.92 Å². The third kappa shape index (κ3) is 2.64. The zero-order valence-electron chi connectivity index (χ0n) is 7.46. The van der Waals surface area contributed by atoms with Crippen molar-refractivity contribution in [1.29, 1.82) is 0 Å².